The number of carbonyl (C=O) groups is 4. The van der Waals surface area contributed by atoms with Crippen molar-refractivity contribution in [2.75, 3.05) is 23.1 Å². The number of aryl methyl sites for hydroxylation is 2. The van der Waals surface area contributed by atoms with Gasteiger partial charge in [-0.25, -0.2) is 9.59 Å². The summed E-state index contributed by atoms with van der Waals surface area (Å²) in [7, 11) is 4.79. The Bertz CT molecular complexity index is 1630. The quantitative estimate of drug-likeness (QED) is 0.245. The maximum absolute atomic E-state index is 12.9. The molecule has 0 aliphatic heterocycles. The van der Waals surface area contributed by atoms with Crippen molar-refractivity contribution in [3.05, 3.63) is 90.0 Å². The first kappa shape index (κ1) is 29.7. The van der Waals surface area contributed by atoms with Gasteiger partial charge in [-0.2, -0.15) is 0 Å². The number of aromatic nitrogens is 2. The fourth-order valence-electron chi connectivity index (χ4n) is 4.17. The maximum atomic E-state index is 12.9. The van der Waals surface area contributed by atoms with Crippen LogP contribution in [0, 0.1) is 0 Å². The Labute approximate surface area is 243 Å². The summed E-state index contributed by atoms with van der Waals surface area (Å²) in [5.41, 5.74) is 3.78. The molecule has 0 spiro atoms. The number of anilines is 3. The number of carbonyl (C=O) groups excluding carboxylic acids is 4. The van der Waals surface area contributed by atoms with Crippen molar-refractivity contribution >= 4 is 40.9 Å². The van der Waals surface area contributed by atoms with E-state index in [1.807, 2.05) is 18.3 Å². The minimum atomic E-state index is -0.639. The van der Waals surface area contributed by atoms with Gasteiger partial charge in [-0.3, -0.25) is 14.9 Å². The van der Waals surface area contributed by atoms with Crippen molar-refractivity contribution in [3.63, 3.8) is 0 Å². The number of nitrogens with zero attached hydrogens (tertiary/aromatic N) is 2. The number of hydrogen-bond donors (Lipinski definition) is 3. The molecule has 4 rings (SSSR count). The molecule has 2 aromatic heterocycles. The van der Waals surface area contributed by atoms with Gasteiger partial charge in [-0.15, -0.1) is 0 Å². The van der Waals surface area contributed by atoms with E-state index in [4.69, 9.17) is 9.47 Å². The average molecular weight is 572 g/mol. The molecule has 0 aliphatic carbocycles. The first-order chi connectivity index (χ1) is 19.8. The molecule has 0 saturated carbocycles. The highest BCUT2D eigenvalue weighted by Crippen LogP contribution is 2.25. The predicted octanol–water partition coefficient (Wildman–Crippen LogP) is 5.67. The van der Waals surface area contributed by atoms with Crippen LogP contribution in [0.5, 0.6) is 0 Å². The van der Waals surface area contributed by atoms with Crippen LogP contribution < -0.4 is 16.0 Å². The monoisotopic (exact) mass is 571 g/mol. The van der Waals surface area contributed by atoms with Crippen LogP contribution in [-0.2, 0) is 23.6 Å². The van der Waals surface area contributed by atoms with Gasteiger partial charge >= 0.3 is 12.1 Å². The lowest BCUT2D eigenvalue weighted by molar-refractivity contribution is 0.0598. The van der Waals surface area contributed by atoms with E-state index >= 15 is 0 Å². The van der Waals surface area contributed by atoms with Crippen molar-refractivity contribution in [1.82, 2.24) is 9.13 Å². The molecule has 2 aromatic carbocycles. The van der Waals surface area contributed by atoms with Crippen molar-refractivity contribution in [2.24, 2.45) is 14.1 Å². The lowest BCUT2D eigenvalue weighted by Crippen LogP contribution is -2.27. The number of rotatable bonds is 7. The number of esters is 1. The van der Waals surface area contributed by atoms with E-state index in [9.17, 15) is 19.2 Å². The standard InChI is InChI=1S/C31H33N5O6/c1-31(2,3)42-30(40)34-24-16-26(36(5)18-24)28(38)33-22-11-7-19(8-12-22)21-15-25(35(4)17-21)27(37)32-23-13-9-20(10-14-23)29(39)41-6/h7-18H,1-6H3,(H,32,37)(H,33,38)(H,34,40). The van der Waals surface area contributed by atoms with Crippen LogP contribution >= 0.6 is 0 Å². The molecule has 218 valence electrons. The van der Waals surface area contributed by atoms with E-state index < -0.39 is 17.7 Å². The Morgan fingerprint density at radius 2 is 1.19 bits per heavy atom. The van der Waals surface area contributed by atoms with Gasteiger partial charge < -0.3 is 29.2 Å². The largest absolute Gasteiger partial charge is 0.465 e. The van der Waals surface area contributed by atoms with Gasteiger partial charge in [0.25, 0.3) is 11.8 Å². The maximum Gasteiger partial charge on any atom is 0.412 e. The first-order valence-electron chi connectivity index (χ1n) is 13.1. The number of methoxy groups -OCH3 is 1. The summed E-state index contributed by atoms with van der Waals surface area (Å²) in [4.78, 5) is 49.5. The molecule has 2 heterocycles. The van der Waals surface area contributed by atoms with Gasteiger partial charge in [-0.1, -0.05) is 12.1 Å². The van der Waals surface area contributed by atoms with Gasteiger partial charge in [0.1, 0.15) is 17.0 Å². The zero-order valence-corrected chi connectivity index (χ0v) is 24.3. The van der Waals surface area contributed by atoms with Crippen LogP contribution in [0.15, 0.2) is 73.1 Å². The summed E-state index contributed by atoms with van der Waals surface area (Å²) in [6.45, 7) is 5.31. The molecule has 11 heteroatoms. The van der Waals surface area contributed by atoms with Crippen LogP contribution in [-0.4, -0.2) is 45.7 Å². The van der Waals surface area contributed by atoms with Crippen LogP contribution in [0.1, 0.15) is 52.1 Å². The fraction of sp³-hybridized carbons (Fsp3) is 0.226. The molecule has 11 nitrogen and oxygen atoms in total. The summed E-state index contributed by atoms with van der Waals surface area (Å²) < 4.78 is 13.3. The van der Waals surface area contributed by atoms with E-state index in [0.29, 0.717) is 34.0 Å². The third-order valence-corrected chi connectivity index (χ3v) is 6.16. The van der Waals surface area contributed by atoms with Crippen molar-refractivity contribution in [1.29, 1.82) is 0 Å². The highest BCUT2D eigenvalue weighted by Gasteiger charge is 2.19. The number of benzene rings is 2. The Morgan fingerprint density at radius 1 is 0.667 bits per heavy atom. The average Bonchev–Trinajstić information content (AvgIpc) is 3.49. The zero-order valence-electron chi connectivity index (χ0n) is 24.3. The second kappa shape index (κ2) is 12.0. The fourth-order valence-corrected chi connectivity index (χ4v) is 4.17. The van der Waals surface area contributed by atoms with E-state index in [1.54, 1.807) is 98.7 Å². The molecule has 0 saturated heterocycles. The Morgan fingerprint density at radius 3 is 1.74 bits per heavy atom. The molecule has 3 amide bonds. The molecule has 0 unspecified atom stereocenters. The van der Waals surface area contributed by atoms with E-state index in [1.165, 1.54) is 7.11 Å². The number of hydrogen-bond acceptors (Lipinski definition) is 6. The number of nitrogens with one attached hydrogen (secondary N) is 3. The Kier molecular flexibility index (Phi) is 8.51. The number of amides is 3. The smallest absolute Gasteiger partial charge is 0.412 e. The highest BCUT2D eigenvalue weighted by molar-refractivity contribution is 6.05. The first-order valence-corrected chi connectivity index (χ1v) is 13.1. The molecule has 0 bridgehead atoms. The molecule has 3 N–H and O–H groups in total. The summed E-state index contributed by atoms with van der Waals surface area (Å²) in [5.74, 6) is -1.10. The second-order valence-corrected chi connectivity index (χ2v) is 10.6. The molecular formula is C31H33N5O6. The Balaban J connectivity index is 1.39. The molecule has 0 atom stereocenters. The highest BCUT2D eigenvalue weighted by atomic mass is 16.6. The normalized spacial score (nSPS) is 11.0. The summed E-state index contributed by atoms with van der Waals surface area (Å²) in [6, 6.07) is 17.0. The van der Waals surface area contributed by atoms with E-state index in [-0.39, 0.29) is 11.8 Å². The van der Waals surface area contributed by atoms with E-state index in [0.717, 1.165) is 11.1 Å². The van der Waals surface area contributed by atoms with Gasteiger partial charge in [0.2, 0.25) is 0 Å². The van der Waals surface area contributed by atoms with Crippen molar-refractivity contribution in [3.8, 4) is 11.1 Å². The summed E-state index contributed by atoms with van der Waals surface area (Å²) in [6.07, 6.45) is 2.86. The number of ether oxygens (including phenoxy) is 2. The SMILES string of the molecule is COC(=O)c1ccc(NC(=O)c2cc(-c3ccc(NC(=O)c4cc(NC(=O)OC(C)(C)C)cn4C)cc3)cn2C)cc1. The van der Waals surface area contributed by atoms with Crippen LogP contribution in [0.3, 0.4) is 0 Å². The third kappa shape index (κ3) is 7.25. The zero-order chi connectivity index (χ0) is 30.6. The Hall–Kier alpha value is -5.32. The van der Waals surface area contributed by atoms with Gasteiger partial charge in [0.15, 0.2) is 0 Å². The van der Waals surface area contributed by atoms with Gasteiger partial charge in [0, 0.05) is 43.4 Å². The van der Waals surface area contributed by atoms with Crippen LogP contribution in [0.4, 0.5) is 21.9 Å². The van der Waals surface area contributed by atoms with Crippen molar-refractivity contribution < 1.29 is 28.7 Å². The molecule has 0 fully saturated rings. The van der Waals surface area contributed by atoms with Crippen molar-refractivity contribution in [2.45, 2.75) is 26.4 Å². The topological polar surface area (TPSA) is 133 Å². The predicted molar refractivity (Wildman–Crippen MR) is 160 cm³/mol. The minimum absolute atomic E-state index is 0.304. The molecule has 4 aromatic rings. The third-order valence-electron chi connectivity index (χ3n) is 6.16. The van der Waals surface area contributed by atoms with E-state index in [2.05, 4.69) is 16.0 Å². The minimum Gasteiger partial charge on any atom is -0.465 e. The second-order valence-electron chi connectivity index (χ2n) is 10.6. The lowest BCUT2D eigenvalue weighted by Gasteiger charge is -2.19. The summed E-state index contributed by atoms with van der Waals surface area (Å²) in [5, 5.41) is 8.32. The molecule has 0 radical (unpaired) electrons. The van der Waals surface area contributed by atoms with Gasteiger partial charge in [-0.05, 0) is 74.9 Å². The molecular weight excluding hydrogens is 538 g/mol. The van der Waals surface area contributed by atoms with Crippen LogP contribution in [0.2, 0.25) is 0 Å². The lowest BCUT2D eigenvalue weighted by atomic mass is 10.1. The molecule has 0 aliphatic rings. The molecule has 42 heavy (non-hydrogen) atoms. The van der Waals surface area contributed by atoms with Gasteiger partial charge in [0.05, 0.1) is 18.4 Å². The summed E-state index contributed by atoms with van der Waals surface area (Å²) >= 11 is 0. The van der Waals surface area contributed by atoms with Crippen LogP contribution in [0.25, 0.3) is 11.1 Å².